The molecule has 8 heteroatoms. The first-order valence-corrected chi connectivity index (χ1v) is 11.3. The van der Waals surface area contributed by atoms with Crippen LogP contribution in [0.1, 0.15) is 0 Å². The van der Waals surface area contributed by atoms with E-state index in [0.29, 0.717) is 36.9 Å². The number of hydrogen-bond donors (Lipinski definition) is 1. The monoisotopic (exact) mass is 444 g/mol. The summed E-state index contributed by atoms with van der Waals surface area (Å²) in [6, 6.07) is 19.9. The summed E-state index contributed by atoms with van der Waals surface area (Å²) in [6.07, 6.45) is 1.46. The second kappa shape index (κ2) is 8.84. The molecule has 1 aliphatic rings. The van der Waals surface area contributed by atoms with Crippen LogP contribution in [0.3, 0.4) is 0 Å². The van der Waals surface area contributed by atoms with Gasteiger partial charge in [-0.25, -0.2) is 9.97 Å². The molecule has 160 valence electrons. The topological polar surface area (TPSA) is 88.3 Å². The Morgan fingerprint density at radius 3 is 2.44 bits per heavy atom. The highest BCUT2D eigenvalue weighted by molar-refractivity contribution is 8.15. The molecule has 0 radical (unpaired) electrons. The van der Waals surface area contributed by atoms with Crippen molar-refractivity contribution < 1.29 is 14.0 Å². The first kappa shape index (κ1) is 20.3. The van der Waals surface area contributed by atoms with Gasteiger partial charge in [-0.1, -0.05) is 72.4 Å². The number of amides is 1. The van der Waals surface area contributed by atoms with Crippen molar-refractivity contribution in [3.8, 4) is 22.5 Å². The van der Waals surface area contributed by atoms with Crippen LogP contribution < -0.4 is 5.32 Å². The van der Waals surface area contributed by atoms with Gasteiger partial charge in [0.1, 0.15) is 17.9 Å². The number of rotatable bonds is 6. The maximum absolute atomic E-state index is 12.1. The van der Waals surface area contributed by atoms with Gasteiger partial charge in [-0.15, -0.1) is 0 Å². The second-order valence-electron chi connectivity index (χ2n) is 7.30. The van der Waals surface area contributed by atoms with E-state index < -0.39 is 11.0 Å². The summed E-state index contributed by atoms with van der Waals surface area (Å²) in [5.41, 5.74) is 3.35. The van der Waals surface area contributed by atoms with Crippen LogP contribution in [0.5, 0.6) is 0 Å². The summed E-state index contributed by atoms with van der Waals surface area (Å²) in [6.45, 7) is 1.44. The third-order valence-electron chi connectivity index (χ3n) is 5.32. The molecule has 1 saturated heterocycles. The first-order valence-electron chi connectivity index (χ1n) is 10.3. The molecule has 32 heavy (non-hydrogen) atoms. The second-order valence-corrected chi connectivity index (χ2v) is 8.36. The largest absolute Gasteiger partial charge is 0.437 e. The number of fused-ring (bicyclic) bond motifs is 1. The predicted molar refractivity (Wildman–Crippen MR) is 125 cm³/mol. The molecule has 1 N–H and O–H groups in total. The zero-order chi connectivity index (χ0) is 21.9. The predicted octanol–water partition coefficient (Wildman–Crippen LogP) is 4.07. The van der Waals surface area contributed by atoms with Gasteiger partial charge in [-0.3, -0.25) is 9.59 Å². The van der Waals surface area contributed by atoms with Gasteiger partial charge >= 0.3 is 5.91 Å². The van der Waals surface area contributed by atoms with E-state index in [4.69, 9.17) is 4.42 Å². The van der Waals surface area contributed by atoms with Crippen molar-refractivity contribution in [2.45, 2.75) is 0 Å². The fourth-order valence-corrected chi connectivity index (χ4v) is 4.55. The number of furan rings is 1. The Balaban J connectivity index is 1.52. The number of benzene rings is 2. The highest BCUT2D eigenvalue weighted by Gasteiger charge is 2.27. The molecule has 0 atom stereocenters. The number of hydrogen-bond acceptors (Lipinski definition) is 7. The fraction of sp³-hybridized carbons (Fsp3) is 0.167. The van der Waals surface area contributed by atoms with Crippen molar-refractivity contribution in [2.24, 2.45) is 0 Å². The van der Waals surface area contributed by atoms with E-state index in [1.807, 2.05) is 60.7 Å². The number of thioether (sulfide) groups is 1. The molecule has 0 saturated carbocycles. The first-order chi connectivity index (χ1) is 15.7. The molecule has 0 aliphatic carbocycles. The van der Waals surface area contributed by atoms with Crippen LogP contribution in [-0.4, -0.2) is 51.3 Å². The Labute approximate surface area is 188 Å². The molecule has 0 unspecified atom stereocenters. The van der Waals surface area contributed by atoms with Gasteiger partial charge in [-0.05, 0) is 5.56 Å². The Kier molecular flexibility index (Phi) is 5.60. The normalized spacial score (nSPS) is 14.2. The van der Waals surface area contributed by atoms with Crippen LogP contribution in [-0.2, 0) is 9.59 Å². The van der Waals surface area contributed by atoms with Crippen molar-refractivity contribution in [3.05, 3.63) is 67.0 Å². The molecule has 0 bridgehead atoms. The van der Waals surface area contributed by atoms with Crippen LogP contribution in [0.25, 0.3) is 33.6 Å². The molecule has 2 aromatic heterocycles. The Morgan fingerprint density at radius 1 is 0.969 bits per heavy atom. The maximum atomic E-state index is 12.1. The molecule has 3 heterocycles. The van der Waals surface area contributed by atoms with Gasteiger partial charge < -0.3 is 14.6 Å². The zero-order valence-electron chi connectivity index (χ0n) is 17.2. The summed E-state index contributed by atoms with van der Waals surface area (Å²) in [4.78, 5) is 34.1. The third kappa shape index (κ3) is 3.85. The molecular formula is C24H20N4O3S. The molecule has 7 nitrogen and oxygen atoms in total. The molecule has 0 spiro atoms. The summed E-state index contributed by atoms with van der Waals surface area (Å²) in [7, 11) is 0. The molecule has 1 amide bonds. The van der Waals surface area contributed by atoms with Gasteiger partial charge in [0.05, 0.1) is 5.39 Å². The number of anilines is 1. The quantitative estimate of drug-likeness (QED) is 0.449. The zero-order valence-corrected chi connectivity index (χ0v) is 18.0. The van der Waals surface area contributed by atoms with E-state index in [2.05, 4.69) is 15.3 Å². The van der Waals surface area contributed by atoms with E-state index in [1.165, 1.54) is 6.33 Å². The van der Waals surface area contributed by atoms with Gasteiger partial charge in [-0.2, -0.15) is 0 Å². The smallest absolute Gasteiger partial charge is 0.301 e. The van der Waals surface area contributed by atoms with Crippen LogP contribution in [0.2, 0.25) is 0 Å². The number of nitrogens with zero attached hydrogens (tertiary/aromatic N) is 3. The maximum Gasteiger partial charge on any atom is 0.301 e. The number of carbonyl (C=O) groups is 2. The minimum atomic E-state index is -0.435. The van der Waals surface area contributed by atoms with E-state index in [-0.39, 0.29) is 0 Å². The van der Waals surface area contributed by atoms with Gasteiger partial charge in [0.2, 0.25) is 5.71 Å². The summed E-state index contributed by atoms with van der Waals surface area (Å²) in [5.74, 6) is 1.55. The van der Waals surface area contributed by atoms with E-state index in [1.54, 1.807) is 4.90 Å². The molecule has 5 rings (SSSR count). The van der Waals surface area contributed by atoms with Crippen LogP contribution >= 0.6 is 11.8 Å². The van der Waals surface area contributed by atoms with Crippen molar-refractivity contribution in [2.75, 3.05) is 30.7 Å². The molecule has 1 fully saturated rings. The van der Waals surface area contributed by atoms with Crippen molar-refractivity contribution in [1.82, 2.24) is 14.9 Å². The SMILES string of the molecule is O=C1SCCN(CCNc2ncnc3oc(-c4ccccc4)c(-c4ccccc4)c23)C1=O. The lowest BCUT2D eigenvalue weighted by Crippen LogP contribution is -2.43. The van der Waals surface area contributed by atoms with Crippen molar-refractivity contribution in [1.29, 1.82) is 0 Å². The Hall–Kier alpha value is -3.65. The number of aromatic nitrogens is 2. The highest BCUT2D eigenvalue weighted by atomic mass is 32.2. The molecule has 1 aliphatic heterocycles. The van der Waals surface area contributed by atoms with E-state index in [0.717, 1.165) is 39.6 Å². The van der Waals surface area contributed by atoms with E-state index >= 15 is 0 Å². The third-order valence-corrected chi connectivity index (χ3v) is 6.14. The van der Waals surface area contributed by atoms with Gasteiger partial charge in [0.25, 0.3) is 5.12 Å². The number of carbonyl (C=O) groups excluding carboxylic acids is 2. The van der Waals surface area contributed by atoms with Gasteiger partial charge in [0.15, 0.2) is 0 Å². The van der Waals surface area contributed by atoms with Crippen LogP contribution in [0.4, 0.5) is 5.82 Å². The summed E-state index contributed by atoms with van der Waals surface area (Å²) < 4.78 is 6.20. The Bertz CT molecular complexity index is 1270. The summed E-state index contributed by atoms with van der Waals surface area (Å²) in [5, 5.41) is 3.71. The fourth-order valence-electron chi connectivity index (χ4n) is 3.80. The lowest BCUT2D eigenvalue weighted by molar-refractivity contribution is -0.140. The average Bonchev–Trinajstić information content (AvgIpc) is 3.23. The lowest BCUT2D eigenvalue weighted by Gasteiger charge is -2.25. The van der Waals surface area contributed by atoms with Crippen molar-refractivity contribution in [3.63, 3.8) is 0 Å². The molecule has 4 aromatic rings. The summed E-state index contributed by atoms with van der Waals surface area (Å²) >= 11 is 1.08. The van der Waals surface area contributed by atoms with Gasteiger partial charge in [0, 0.05) is 36.5 Å². The molecular weight excluding hydrogens is 424 g/mol. The average molecular weight is 445 g/mol. The lowest BCUT2D eigenvalue weighted by atomic mass is 9.99. The minimum absolute atomic E-state index is 0.394. The highest BCUT2D eigenvalue weighted by Crippen LogP contribution is 2.42. The van der Waals surface area contributed by atoms with Crippen molar-refractivity contribution >= 4 is 39.7 Å². The van der Waals surface area contributed by atoms with Crippen LogP contribution in [0.15, 0.2) is 71.4 Å². The molecule has 2 aromatic carbocycles. The Morgan fingerprint density at radius 2 is 1.69 bits per heavy atom. The number of nitrogens with one attached hydrogen (secondary N) is 1. The van der Waals surface area contributed by atoms with E-state index in [9.17, 15) is 9.59 Å². The minimum Gasteiger partial charge on any atom is -0.437 e. The van der Waals surface area contributed by atoms with Crippen LogP contribution in [0, 0.1) is 0 Å². The standard InChI is InChI=1S/C24H20N4O3S/c29-23-24(30)32-14-13-28(23)12-11-25-21-19-18(16-7-3-1-4-8-16)20(17-9-5-2-6-10-17)31-22(19)27-15-26-21/h1-10,15H,11-14H2,(H,25,26,27).